The SMILES string of the molecule is CCCc1cccc2oc(=O)oc12. The first kappa shape index (κ1) is 8.10. The first-order valence-electron chi connectivity index (χ1n) is 4.33. The molecule has 2 aromatic rings. The maximum Gasteiger partial charge on any atom is 0.519 e. The Balaban J connectivity index is 2.67. The third-order valence-electron chi connectivity index (χ3n) is 1.96. The van der Waals surface area contributed by atoms with Crippen molar-refractivity contribution in [3.8, 4) is 0 Å². The van der Waals surface area contributed by atoms with Crippen molar-refractivity contribution in [2.45, 2.75) is 19.8 Å². The van der Waals surface area contributed by atoms with Gasteiger partial charge in [-0.05, 0) is 18.1 Å². The van der Waals surface area contributed by atoms with Crippen molar-refractivity contribution in [2.24, 2.45) is 0 Å². The molecule has 0 N–H and O–H groups in total. The van der Waals surface area contributed by atoms with Gasteiger partial charge in [0.25, 0.3) is 0 Å². The van der Waals surface area contributed by atoms with Crippen molar-refractivity contribution in [3.63, 3.8) is 0 Å². The largest absolute Gasteiger partial charge is 0.519 e. The summed E-state index contributed by atoms with van der Waals surface area (Å²) in [5.41, 5.74) is 2.16. The first-order valence-corrected chi connectivity index (χ1v) is 4.33. The molecule has 3 nitrogen and oxygen atoms in total. The molecule has 0 amide bonds. The average Bonchev–Trinajstić information content (AvgIpc) is 2.47. The highest BCUT2D eigenvalue weighted by molar-refractivity contribution is 5.73. The lowest BCUT2D eigenvalue weighted by Crippen LogP contribution is -1.85. The van der Waals surface area contributed by atoms with Crippen LogP contribution in [0.5, 0.6) is 0 Å². The van der Waals surface area contributed by atoms with Crippen LogP contribution in [-0.2, 0) is 6.42 Å². The fraction of sp³-hybridized carbons (Fsp3) is 0.300. The van der Waals surface area contributed by atoms with Crippen LogP contribution in [0.2, 0.25) is 0 Å². The Hall–Kier alpha value is -1.51. The lowest BCUT2D eigenvalue weighted by Gasteiger charge is -1.95. The third kappa shape index (κ3) is 1.37. The van der Waals surface area contributed by atoms with Crippen molar-refractivity contribution in [3.05, 3.63) is 34.4 Å². The molecule has 0 saturated carbocycles. The standard InChI is InChI=1S/C10H10O3/c1-2-4-7-5-3-6-8-9(7)13-10(11)12-8/h3,5-6H,2,4H2,1H3. The summed E-state index contributed by atoms with van der Waals surface area (Å²) in [6.45, 7) is 2.08. The van der Waals surface area contributed by atoms with Crippen LogP contribution in [0.15, 0.2) is 31.8 Å². The van der Waals surface area contributed by atoms with E-state index in [9.17, 15) is 4.79 Å². The van der Waals surface area contributed by atoms with Crippen LogP contribution in [0.1, 0.15) is 18.9 Å². The van der Waals surface area contributed by atoms with Crippen LogP contribution in [0.4, 0.5) is 0 Å². The van der Waals surface area contributed by atoms with Crippen LogP contribution >= 0.6 is 0 Å². The topological polar surface area (TPSA) is 43.4 Å². The molecule has 0 spiro atoms. The lowest BCUT2D eigenvalue weighted by atomic mass is 10.1. The quantitative estimate of drug-likeness (QED) is 0.708. The number of fused-ring (bicyclic) bond motifs is 1. The molecule has 0 radical (unpaired) electrons. The molecule has 0 aliphatic heterocycles. The third-order valence-corrected chi connectivity index (χ3v) is 1.96. The Bertz CT molecular complexity index is 464. The van der Waals surface area contributed by atoms with Gasteiger partial charge < -0.3 is 8.83 Å². The maximum atomic E-state index is 10.8. The predicted molar refractivity (Wildman–Crippen MR) is 48.7 cm³/mol. The zero-order valence-electron chi connectivity index (χ0n) is 7.37. The van der Waals surface area contributed by atoms with E-state index in [1.54, 1.807) is 6.07 Å². The van der Waals surface area contributed by atoms with Crippen molar-refractivity contribution in [1.29, 1.82) is 0 Å². The lowest BCUT2D eigenvalue weighted by molar-refractivity contribution is 0.408. The predicted octanol–water partition coefficient (Wildman–Crippen LogP) is 2.34. The molecule has 2 rings (SSSR count). The van der Waals surface area contributed by atoms with Crippen LogP contribution in [0.3, 0.4) is 0 Å². The van der Waals surface area contributed by atoms with Gasteiger partial charge in [0.15, 0.2) is 11.2 Å². The van der Waals surface area contributed by atoms with Gasteiger partial charge in [-0.2, -0.15) is 0 Å². The van der Waals surface area contributed by atoms with Gasteiger partial charge in [0.05, 0.1) is 0 Å². The zero-order chi connectivity index (χ0) is 9.26. The Kier molecular flexibility index (Phi) is 1.93. The highest BCUT2D eigenvalue weighted by atomic mass is 16.6. The normalized spacial score (nSPS) is 10.8. The first-order chi connectivity index (χ1) is 6.31. The molecule has 1 aromatic heterocycles. The fourth-order valence-corrected chi connectivity index (χ4v) is 1.42. The van der Waals surface area contributed by atoms with E-state index in [2.05, 4.69) is 6.92 Å². The molecule has 0 fully saturated rings. The van der Waals surface area contributed by atoms with Crippen LogP contribution in [0, 0.1) is 0 Å². The van der Waals surface area contributed by atoms with E-state index in [1.807, 2.05) is 12.1 Å². The van der Waals surface area contributed by atoms with Crippen LogP contribution in [0.25, 0.3) is 11.2 Å². The number of hydrogen-bond donors (Lipinski definition) is 0. The zero-order valence-corrected chi connectivity index (χ0v) is 7.37. The van der Waals surface area contributed by atoms with Gasteiger partial charge in [-0.1, -0.05) is 25.5 Å². The Labute approximate surface area is 75.0 Å². The molecular weight excluding hydrogens is 168 g/mol. The van der Waals surface area contributed by atoms with E-state index in [0.29, 0.717) is 11.2 Å². The molecule has 3 heteroatoms. The van der Waals surface area contributed by atoms with E-state index in [1.165, 1.54) is 0 Å². The van der Waals surface area contributed by atoms with Gasteiger partial charge in [-0.15, -0.1) is 0 Å². The summed E-state index contributed by atoms with van der Waals surface area (Å²) in [4.78, 5) is 10.8. The van der Waals surface area contributed by atoms with E-state index < -0.39 is 5.82 Å². The van der Waals surface area contributed by atoms with Gasteiger partial charge in [0.2, 0.25) is 0 Å². The van der Waals surface area contributed by atoms with E-state index >= 15 is 0 Å². The molecule has 0 aliphatic carbocycles. The van der Waals surface area contributed by atoms with Crippen molar-refractivity contribution >= 4 is 11.2 Å². The molecule has 0 bridgehead atoms. The molecular formula is C10H10O3. The molecule has 0 atom stereocenters. The summed E-state index contributed by atoms with van der Waals surface area (Å²) in [5.74, 6) is -0.626. The molecule has 0 aliphatic rings. The minimum absolute atomic E-state index is 0.538. The Morgan fingerprint density at radius 1 is 1.31 bits per heavy atom. The minimum atomic E-state index is -0.626. The number of rotatable bonds is 2. The van der Waals surface area contributed by atoms with E-state index in [-0.39, 0.29) is 0 Å². The second-order valence-corrected chi connectivity index (χ2v) is 2.95. The highest BCUT2D eigenvalue weighted by Gasteiger charge is 2.07. The van der Waals surface area contributed by atoms with E-state index in [4.69, 9.17) is 8.83 Å². The second-order valence-electron chi connectivity index (χ2n) is 2.95. The fourth-order valence-electron chi connectivity index (χ4n) is 1.42. The van der Waals surface area contributed by atoms with Crippen molar-refractivity contribution in [2.75, 3.05) is 0 Å². The summed E-state index contributed by atoms with van der Waals surface area (Å²) in [6.07, 6.45) is 1.92. The molecule has 1 aromatic carbocycles. The summed E-state index contributed by atoms with van der Waals surface area (Å²) in [6, 6.07) is 5.55. The average molecular weight is 178 g/mol. The van der Waals surface area contributed by atoms with Gasteiger partial charge in [-0.3, -0.25) is 0 Å². The van der Waals surface area contributed by atoms with Crippen molar-refractivity contribution in [1.82, 2.24) is 0 Å². The number of benzene rings is 1. The molecule has 68 valence electrons. The van der Waals surface area contributed by atoms with E-state index in [0.717, 1.165) is 18.4 Å². The van der Waals surface area contributed by atoms with Crippen LogP contribution in [-0.4, -0.2) is 0 Å². The number of hydrogen-bond acceptors (Lipinski definition) is 3. The smallest absolute Gasteiger partial charge is 0.391 e. The molecule has 1 heterocycles. The maximum absolute atomic E-state index is 10.8. The van der Waals surface area contributed by atoms with Crippen molar-refractivity contribution < 1.29 is 8.83 Å². The van der Waals surface area contributed by atoms with Crippen LogP contribution < -0.4 is 5.82 Å². The number of para-hydroxylation sites is 1. The van der Waals surface area contributed by atoms with Gasteiger partial charge in [-0.25, -0.2) is 4.79 Å². The summed E-state index contributed by atoms with van der Waals surface area (Å²) >= 11 is 0. The monoisotopic (exact) mass is 178 g/mol. The second kappa shape index (κ2) is 3.09. The van der Waals surface area contributed by atoms with Gasteiger partial charge >= 0.3 is 5.82 Å². The molecule has 13 heavy (non-hydrogen) atoms. The highest BCUT2D eigenvalue weighted by Crippen LogP contribution is 2.18. The molecule has 0 unspecified atom stereocenters. The molecule has 0 saturated heterocycles. The minimum Gasteiger partial charge on any atom is -0.391 e. The van der Waals surface area contributed by atoms with Gasteiger partial charge in [0, 0.05) is 0 Å². The summed E-state index contributed by atoms with van der Waals surface area (Å²) in [7, 11) is 0. The Morgan fingerprint density at radius 3 is 2.92 bits per heavy atom. The Morgan fingerprint density at radius 2 is 2.15 bits per heavy atom. The van der Waals surface area contributed by atoms with Gasteiger partial charge in [0.1, 0.15) is 0 Å². The summed E-state index contributed by atoms with van der Waals surface area (Å²) in [5, 5.41) is 0. The number of aryl methyl sites for hydroxylation is 1. The summed E-state index contributed by atoms with van der Waals surface area (Å²) < 4.78 is 9.76.